The van der Waals surface area contributed by atoms with Gasteiger partial charge in [-0.3, -0.25) is 4.68 Å². The monoisotopic (exact) mass is 152 g/mol. The molecule has 4 heteroatoms. The zero-order valence-electron chi connectivity index (χ0n) is 6.62. The van der Waals surface area contributed by atoms with Gasteiger partial charge in [-0.2, -0.15) is 4.98 Å². The predicted molar refractivity (Wildman–Crippen MR) is 42.0 cm³/mol. The summed E-state index contributed by atoms with van der Waals surface area (Å²) in [5.74, 6) is 2.06. The van der Waals surface area contributed by atoms with Crippen molar-refractivity contribution in [2.75, 3.05) is 5.73 Å². The third kappa shape index (κ3) is 0.982. The second-order valence-corrected chi connectivity index (χ2v) is 3.08. The van der Waals surface area contributed by atoms with Crippen molar-refractivity contribution in [2.45, 2.75) is 25.2 Å². The van der Waals surface area contributed by atoms with Crippen molar-refractivity contribution in [3.63, 3.8) is 0 Å². The normalized spacial score (nSPS) is 18.3. The Morgan fingerprint density at radius 2 is 2.27 bits per heavy atom. The van der Waals surface area contributed by atoms with E-state index in [-0.39, 0.29) is 0 Å². The van der Waals surface area contributed by atoms with E-state index >= 15 is 0 Å². The average molecular weight is 152 g/mol. The van der Waals surface area contributed by atoms with Crippen LogP contribution in [-0.4, -0.2) is 14.8 Å². The fourth-order valence-electron chi connectivity index (χ4n) is 1.44. The number of nitrogens with zero attached hydrogens (tertiary/aromatic N) is 3. The molecule has 0 radical (unpaired) electrons. The number of nitrogen functional groups attached to an aromatic ring is 1. The van der Waals surface area contributed by atoms with Crippen LogP contribution in [0.2, 0.25) is 0 Å². The maximum absolute atomic E-state index is 5.45. The first-order valence-corrected chi connectivity index (χ1v) is 3.94. The van der Waals surface area contributed by atoms with Gasteiger partial charge in [-0.25, -0.2) is 0 Å². The number of aryl methyl sites for hydroxylation is 1. The van der Waals surface area contributed by atoms with Gasteiger partial charge >= 0.3 is 0 Å². The van der Waals surface area contributed by atoms with Gasteiger partial charge in [0, 0.05) is 13.0 Å². The second-order valence-electron chi connectivity index (χ2n) is 3.08. The van der Waals surface area contributed by atoms with Crippen molar-refractivity contribution in [1.82, 2.24) is 14.8 Å². The highest BCUT2D eigenvalue weighted by Crippen LogP contribution is 2.34. The van der Waals surface area contributed by atoms with Crippen molar-refractivity contribution in [1.29, 1.82) is 0 Å². The first kappa shape index (κ1) is 6.64. The molecule has 0 unspecified atom stereocenters. The number of hydrogen-bond donors (Lipinski definition) is 1. The van der Waals surface area contributed by atoms with Gasteiger partial charge < -0.3 is 5.73 Å². The summed E-state index contributed by atoms with van der Waals surface area (Å²) in [5, 5.41) is 4.00. The standard InChI is InChI=1S/C7H12N4/c1-11-6(5-3-2-4-5)9-7(8)10-11/h5H,2-4H2,1H3,(H2,8,10). The van der Waals surface area contributed by atoms with Crippen LogP contribution in [0.5, 0.6) is 0 Å². The number of nitrogens with two attached hydrogens (primary N) is 1. The quantitative estimate of drug-likeness (QED) is 0.643. The molecule has 0 aromatic carbocycles. The lowest BCUT2D eigenvalue weighted by Gasteiger charge is -2.23. The summed E-state index contributed by atoms with van der Waals surface area (Å²) < 4.78 is 1.79. The Morgan fingerprint density at radius 3 is 2.64 bits per heavy atom. The van der Waals surface area contributed by atoms with E-state index in [1.54, 1.807) is 4.68 Å². The first-order chi connectivity index (χ1) is 5.27. The Bertz CT molecular complexity index is 261. The fraction of sp³-hybridized carbons (Fsp3) is 0.714. The summed E-state index contributed by atoms with van der Waals surface area (Å²) in [6, 6.07) is 0. The van der Waals surface area contributed by atoms with E-state index in [9.17, 15) is 0 Å². The predicted octanol–water partition coefficient (Wildman–Crippen LogP) is 0.665. The maximum Gasteiger partial charge on any atom is 0.239 e. The first-order valence-electron chi connectivity index (χ1n) is 3.94. The van der Waals surface area contributed by atoms with Crippen LogP contribution in [0, 0.1) is 0 Å². The molecule has 0 aliphatic heterocycles. The number of hydrogen-bond acceptors (Lipinski definition) is 3. The highest BCUT2D eigenvalue weighted by atomic mass is 15.4. The molecular weight excluding hydrogens is 140 g/mol. The van der Waals surface area contributed by atoms with Crippen molar-refractivity contribution in [3.8, 4) is 0 Å². The van der Waals surface area contributed by atoms with Crippen LogP contribution in [0.25, 0.3) is 0 Å². The lowest BCUT2D eigenvalue weighted by atomic mass is 9.85. The molecule has 1 aliphatic rings. The van der Waals surface area contributed by atoms with Crippen LogP contribution in [0.4, 0.5) is 5.95 Å². The summed E-state index contributed by atoms with van der Waals surface area (Å²) >= 11 is 0. The van der Waals surface area contributed by atoms with Crippen LogP contribution < -0.4 is 5.73 Å². The Hall–Kier alpha value is -1.06. The third-order valence-corrected chi connectivity index (χ3v) is 2.28. The van der Waals surface area contributed by atoms with E-state index in [0.29, 0.717) is 11.9 Å². The molecular formula is C7H12N4. The van der Waals surface area contributed by atoms with Gasteiger partial charge in [-0.15, -0.1) is 5.10 Å². The Balaban J connectivity index is 2.28. The van der Waals surface area contributed by atoms with Crippen LogP contribution in [0.15, 0.2) is 0 Å². The second kappa shape index (κ2) is 2.22. The van der Waals surface area contributed by atoms with Crippen molar-refractivity contribution in [2.24, 2.45) is 7.05 Å². The molecule has 1 heterocycles. The largest absolute Gasteiger partial charge is 0.366 e. The Labute approximate surface area is 65.4 Å². The van der Waals surface area contributed by atoms with Gasteiger partial charge in [0.25, 0.3) is 0 Å². The summed E-state index contributed by atoms with van der Waals surface area (Å²) in [6.45, 7) is 0. The number of aromatic nitrogens is 3. The molecule has 1 fully saturated rings. The number of anilines is 1. The van der Waals surface area contributed by atoms with E-state index in [0.717, 1.165) is 5.82 Å². The SMILES string of the molecule is Cn1nc(N)nc1C1CCC1. The van der Waals surface area contributed by atoms with Crippen LogP contribution in [0.3, 0.4) is 0 Å². The topological polar surface area (TPSA) is 56.7 Å². The van der Waals surface area contributed by atoms with Crippen LogP contribution in [-0.2, 0) is 7.05 Å². The average Bonchev–Trinajstić information content (AvgIpc) is 2.07. The molecule has 0 saturated heterocycles. The molecule has 0 atom stereocenters. The van der Waals surface area contributed by atoms with Crippen molar-refractivity contribution >= 4 is 5.95 Å². The summed E-state index contributed by atoms with van der Waals surface area (Å²) in [6.07, 6.45) is 3.80. The van der Waals surface area contributed by atoms with Crippen molar-refractivity contribution < 1.29 is 0 Å². The zero-order chi connectivity index (χ0) is 7.84. The molecule has 60 valence electrons. The molecule has 0 amide bonds. The van der Waals surface area contributed by atoms with Gasteiger partial charge in [0.05, 0.1) is 0 Å². The van der Waals surface area contributed by atoms with Crippen molar-refractivity contribution in [3.05, 3.63) is 5.82 Å². The molecule has 1 aromatic rings. The highest BCUT2D eigenvalue weighted by Gasteiger charge is 2.24. The van der Waals surface area contributed by atoms with Gasteiger partial charge in [0.2, 0.25) is 5.95 Å². The van der Waals surface area contributed by atoms with E-state index in [1.807, 2.05) is 7.05 Å². The van der Waals surface area contributed by atoms with Gasteiger partial charge in [0.15, 0.2) is 0 Å². The van der Waals surface area contributed by atoms with Crippen LogP contribution >= 0.6 is 0 Å². The van der Waals surface area contributed by atoms with E-state index in [2.05, 4.69) is 10.1 Å². The molecule has 1 aromatic heterocycles. The summed E-state index contributed by atoms with van der Waals surface area (Å²) in [4.78, 5) is 4.16. The van der Waals surface area contributed by atoms with Crippen LogP contribution in [0.1, 0.15) is 31.0 Å². The van der Waals surface area contributed by atoms with E-state index in [1.165, 1.54) is 19.3 Å². The molecule has 2 rings (SSSR count). The smallest absolute Gasteiger partial charge is 0.239 e. The third-order valence-electron chi connectivity index (χ3n) is 2.28. The summed E-state index contributed by atoms with van der Waals surface area (Å²) in [5.41, 5.74) is 5.45. The van der Waals surface area contributed by atoms with Gasteiger partial charge in [-0.1, -0.05) is 6.42 Å². The fourth-order valence-corrected chi connectivity index (χ4v) is 1.44. The summed E-state index contributed by atoms with van der Waals surface area (Å²) in [7, 11) is 1.90. The Kier molecular flexibility index (Phi) is 1.34. The molecule has 0 bridgehead atoms. The van der Waals surface area contributed by atoms with E-state index in [4.69, 9.17) is 5.73 Å². The van der Waals surface area contributed by atoms with E-state index < -0.39 is 0 Å². The molecule has 4 nitrogen and oxygen atoms in total. The lowest BCUT2D eigenvalue weighted by molar-refractivity contribution is 0.388. The molecule has 1 saturated carbocycles. The highest BCUT2D eigenvalue weighted by molar-refractivity contribution is 5.16. The molecule has 2 N–H and O–H groups in total. The minimum atomic E-state index is 0.398. The number of rotatable bonds is 1. The maximum atomic E-state index is 5.45. The lowest BCUT2D eigenvalue weighted by Crippen LogP contribution is -2.14. The zero-order valence-corrected chi connectivity index (χ0v) is 6.62. The minimum Gasteiger partial charge on any atom is -0.366 e. The Morgan fingerprint density at radius 1 is 1.55 bits per heavy atom. The van der Waals surface area contributed by atoms with Gasteiger partial charge in [0.1, 0.15) is 5.82 Å². The minimum absolute atomic E-state index is 0.398. The van der Waals surface area contributed by atoms with Gasteiger partial charge in [-0.05, 0) is 12.8 Å². The molecule has 0 spiro atoms. The molecule has 1 aliphatic carbocycles. The molecule has 11 heavy (non-hydrogen) atoms.